The Labute approximate surface area is 112 Å². The number of hydrogen-bond donors (Lipinski definition) is 2. The van der Waals surface area contributed by atoms with Gasteiger partial charge in [0.2, 0.25) is 11.8 Å². The van der Waals surface area contributed by atoms with Gasteiger partial charge in [0.1, 0.15) is 0 Å². The zero-order valence-electron chi connectivity index (χ0n) is 10.9. The van der Waals surface area contributed by atoms with E-state index in [1.54, 1.807) is 7.11 Å². The highest BCUT2D eigenvalue weighted by molar-refractivity contribution is 6.00. The summed E-state index contributed by atoms with van der Waals surface area (Å²) in [5, 5.41) is 5.51. The van der Waals surface area contributed by atoms with Crippen molar-refractivity contribution in [3.8, 4) is 0 Å². The number of carbonyl (C=O) groups is 2. The molecular weight excluding hydrogens is 244 g/mol. The molecule has 0 spiro atoms. The van der Waals surface area contributed by atoms with Gasteiger partial charge < -0.3 is 10.1 Å². The Hall–Kier alpha value is -1.72. The summed E-state index contributed by atoms with van der Waals surface area (Å²) in [6.45, 7) is 1.18. The van der Waals surface area contributed by atoms with Gasteiger partial charge in [-0.15, -0.1) is 0 Å². The van der Waals surface area contributed by atoms with Crippen molar-refractivity contribution in [1.29, 1.82) is 0 Å². The van der Waals surface area contributed by atoms with Crippen LogP contribution < -0.4 is 10.6 Å². The Balaban J connectivity index is 1.89. The van der Waals surface area contributed by atoms with E-state index < -0.39 is 0 Å². The molecule has 19 heavy (non-hydrogen) atoms. The smallest absolute Gasteiger partial charge is 0.243 e. The van der Waals surface area contributed by atoms with Crippen LogP contribution in [0.5, 0.6) is 0 Å². The van der Waals surface area contributed by atoms with Gasteiger partial charge in [0.05, 0.1) is 12.6 Å². The maximum absolute atomic E-state index is 11.6. The SMILES string of the molecule is COCc1cccc(CNC2CCC(=O)NC2=O)c1. The predicted molar refractivity (Wildman–Crippen MR) is 70.2 cm³/mol. The van der Waals surface area contributed by atoms with Gasteiger partial charge >= 0.3 is 0 Å². The topological polar surface area (TPSA) is 67.4 Å². The molecule has 1 aliphatic rings. The van der Waals surface area contributed by atoms with Gasteiger partial charge in [-0.3, -0.25) is 14.9 Å². The van der Waals surface area contributed by atoms with Crippen LogP contribution in [0, 0.1) is 0 Å². The molecule has 5 nitrogen and oxygen atoms in total. The quantitative estimate of drug-likeness (QED) is 0.768. The summed E-state index contributed by atoms with van der Waals surface area (Å²) in [6, 6.07) is 7.72. The lowest BCUT2D eigenvalue weighted by Gasteiger charge is -2.22. The van der Waals surface area contributed by atoms with Gasteiger partial charge in [0.25, 0.3) is 0 Å². The number of benzene rings is 1. The van der Waals surface area contributed by atoms with Gasteiger partial charge in [-0.1, -0.05) is 24.3 Å². The van der Waals surface area contributed by atoms with Crippen molar-refractivity contribution in [3.05, 3.63) is 35.4 Å². The van der Waals surface area contributed by atoms with Crippen LogP contribution in [0.3, 0.4) is 0 Å². The normalized spacial score (nSPS) is 19.3. The van der Waals surface area contributed by atoms with Crippen LogP contribution in [0.4, 0.5) is 0 Å². The molecule has 0 bridgehead atoms. The number of ether oxygens (including phenoxy) is 1. The summed E-state index contributed by atoms with van der Waals surface area (Å²) in [5.41, 5.74) is 2.20. The van der Waals surface area contributed by atoms with Crippen molar-refractivity contribution in [2.45, 2.75) is 32.0 Å². The van der Waals surface area contributed by atoms with E-state index in [2.05, 4.69) is 10.6 Å². The molecule has 0 saturated carbocycles. The highest BCUT2D eigenvalue weighted by Gasteiger charge is 2.25. The van der Waals surface area contributed by atoms with E-state index >= 15 is 0 Å². The average Bonchev–Trinajstić information content (AvgIpc) is 2.38. The summed E-state index contributed by atoms with van der Waals surface area (Å²) in [7, 11) is 1.66. The first kappa shape index (κ1) is 13.7. The number of rotatable bonds is 5. The van der Waals surface area contributed by atoms with Crippen molar-refractivity contribution in [2.24, 2.45) is 0 Å². The molecule has 1 fully saturated rings. The number of methoxy groups -OCH3 is 1. The lowest BCUT2D eigenvalue weighted by Crippen LogP contribution is -2.50. The van der Waals surface area contributed by atoms with Crippen LogP contribution in [0.15, 0.2) is 24.3 Å². The summed E-state index contributed by atoms with van der Waals surface area (Å²) >= 11 is 0. The van der Waals surface area contributed by atoms with E-state index in [9.17, 15) is 9.59 Å². The Morgan fingerprint density at radius 2 is 2.16 bits per heavy atom. The molecule has 0 radical (unpaired) electrons. The third kappa shape index (κ3) is 3.87. The number of nitrogens with one attached hydrogen (secondary N) is 2. The summed E-state index contributed by atoms with van der Waals surface area (Å²) in [4.78, 5) is 22.6. The van der Waals surface area contributed by atoms with Crippen molar-refractivity contribution in [3.63, 3.8) is 0 Å². The third-order valence-corrected chi connectivity index (χ3v) is 3.09. The van der Waals surface area contributed by atoms with E-state index in [1.165, 1.54) is 0 Å². The summed E-state index contributed by atoms with van der Waals surface area (Å²) < 4.78 is 5.08. The fourth-order valence-electron chi connectivity index (χ4n) is 2.13. The fourth-order valence-corrected chi connectivity index (χ4v) is 2.13. The van der Waals surface area contributed by atoms with E-state index in [0.717, 1.165) is 11.1 Å². The summed E-state index contributed by atoms with van der Waals surface area (Å²) in [6.07, 6.45) is 0.954. The molecule has 5 heteroatoms. The van der Waals surface area contributed by atoms with Crippen LogP contribution in [-0.4, -0.2) is 25.0 Å². The maximum atomic E-state index is 11.6. The van der Waals surface area contributed by atoms with Crippen molar-refractivity contribution < 1.29 is 14.3 Å². The Morgan fingerprint density at radius 1 is 1.37 bits per heavy atom. The van der Waals surface area contributed by atoms with E-state index in [4.69, 9.17) is 4.74 Å². The second-order valence-electron chi connectivity index (χ2n) is 4.64. The zero-order valence-corrected chi connectivity index (χ0v) is 10.9. The van der Waals surface area contributed by atoms with Gasteiger partial charge in [-0.2, -0.15) is 0 Å². The third-order valence-electron chi connectivity index (χ3n) is 3.09. The number of carbonyl (C=O) groups excluding carboxylic acids is 2. The molecule has 1 unspecified atom stereocenters. The monoisotopic (exact) mass is 262 g/mol. The zero-order chi connectivity index (χ0) is 13.7. The van der Waals surface area contributed by atoms with Crippen LogP contribution in [0.2, 0.25) is 0 Å². The minimum absolute atomic E-state index is 0.190. The molecule has 2 N–H and O–H groups in total. The second-order valence-corrected chi connectivity index (χ2v) is 4.64. The highest BCUT2D eigenvalue weighted by Crippen LogP contribution is 2.09. The maximum Gasteiger partial charge on any atom is 0.243 e. The molecule has 1 atom stereocenters. The second kappa shape index (κ2) is 6.45. The highest BCUT2D eigenvalue weighted by atomic mass is 16.5. The van der Waals surface area contributed by atoms with Crippen molar-refractivity contribution in [2.75, 3.05) is 7.11 Å². The molecule has 2 amide bonds. The minimum Gasteiger partial charge on any atom is -0.380 e. The molecule has 2 rings (SSSR count). The van der Waals surface area contributed by atoms with Crippen LogP contribution in [0.25, 0.3) is 0 Å². The van der Waals surface area contributed by atoms with E-state index in [0.29, 0.717) is 26.0 Å². The molecule has 102 valence electrons. The Kier molecular flexibility index (Phi) is 4.65. The average molecular weight is 262 g/mol. The van der Waals surface area contributed by atoms with Gasteiger partial charge in [-0.05, 0) is 17.5 Å². The van der Waals surface area contributed by atoms with Crippen LogP contribution >= 0.6 is 0 Å². The van der Waals surface area contributed by atoms with Crippen LogP contribution in [0.1, 0.15) is 24.0 Å². The van der Waals surface area contributed by atoms with E-state index in [1.807, 2.05) is 24.3 Å². The van der Waals surface area contributed by atoms with Crippen LogP contribution in [-0.2, 0) is 27.5 Å². The molecule has 1 heterocycles. The first-order valence-electron chi connectivity index (χ1n) is 6.33. The molecular formula is C14H18N2O3. The Bertz CT molecular complexity index is 474. The molecule has 1 aromatic rings. The first-order chi connectivity index (χ1) is 9.19. The first-order valence-corrected chi connectivity index (χ1v) is 6.33. The lowest BCUT2D eigenvalue weighted by molar-refractivity contribution is -0.134. The Morgan fingerprint density at radius 3 is 2.89 bits per heavy atom. The number of imide groups is 1. The van der Waals surface area contributed by atoms with Gasteiger partial charge in [0, 0.05) is 20.1 Å². The minimum atomic E-state index is -0.288. The number of piperidine rings is 1. The largest absolute Gasteiger partial charge is 0.380 e. The number of amides is 2. The van der Waals surface area contributed by atoms with E-state index in [-0.39, 0.29) is 17.9 Å². The number of hydrogen-bond acceptors (Lipinski definition) is 4. The van der Waals surface area contributed by atoms with Gasteiger partial charge in [-0.25, -0.2) is 0 Å². The molecule has 1 aromatic carbocycles. The fraction of sp³-hybridized carbons (Fsp3) is 0.429. The van der Waals surface area contributed by atoms with Crippen molar-refractivity contribution >= 4 is 11.8 Å². The molecule has 1 saturated heterocycles. The summed E-state index contributed by atoms with van der Waals surface area (Å²) in [5.74, 6) is -0.422. The lowest BCUT2D eigenvalue weighted by atomic mass is 10.1. The standard InChI is InChI=1S/C14H18N2O3/c1-19-9-11-4-2-3-10(7-11)8-15-12-5-6-13(17)16-14(12)18/h2-4,7,12,15H,5-6,8-9H2,1H3,(H,16,17,18). The van der Waals surface area contributed by atoms with Gasteiger partial charge in [0.15, 0.2) is 0 Å². The van der Waals surface area contributed by atoms with Crippen molar-refractivity contribution in [1.82, 2.24) is 10.6 Å². The molecule has 0 aliphatic carbocycles. The molecule has 1 aliphatic heterocycles. The molecule has 0 aromatic heterocycles. The predicted octanol–water partition coefficient (Wildman–Crippen LogP) is 0.728.